The van der Waals surface area contributed by atoms with Crippen molar-refractivity contribution in [3.05, 3.63) is 51.7 Å². The molecule has 2 atom stereocenters. The molecule has 0 fully saturated rings. The first-order chi connectivity index (χ1) is 11.9. The van der Waals surface area contributed by atoms with Crippen LogP contribution in [0.25, 0.3) is 0 Å². The van der Waals surface area contributed by atoms with Crippen LogP contribution in [0.4, 0.5) is 4.39 Å². The van der Waals surface area contributed by atoms with Gasteiger partial charge in [-0.3, -0.25) is 4.79 Å². The summed E-state index contributed by atoms with van der Waals surface area (Å²) in [5.74, 6) is -1.46. The number of rotatable bonds is 7. The highest BCUT2D eigenvalue weighted by atomic mass is 32.1. The number of nitrogens with zero attached hydrogens (tertiary/aromatic N) is 1. The molecule has 0 radical (unpaired) electrons. The third-order valence-corrected chi connectivity index (χ3v) is 4.23. The average molecular weight is 366 g/mol. The van der Waals surface area contributed by atoms with Gasteiger partial charge in [-0.1, -0.05) is 12.1 Å². The molecule has 0 spiro atoms. The van der Waals surface area contributed by atoms with E-state index in [9.17, 15) is 14.0 Å². The predicted octanol–water partition coefficient (Wildman–Crippen LogP) is 2.85. The SMILES string of the molecule is COCc1nc(C(=O)OC(C)C(=O)NC(C)c2ccc(F)cc2)cs1. The Morgan fingerprint density at radius 2 is 1.96 bits per heavy atom. The van der Waals surface area contributed by atoms with Crippen molar-refractivity contribution in [2.24, 2.45) is 0 Å². The van der Waals surface area contributed by atoms with Gasteiger partial charge in [0.25, 0.3) is 5.91 Å². The number of halogens is 1. The minimum absolute atomic E-state index is 0.142. The van der Waals surface area contributed by atoms with E-state index in [0.29, 0.717) is 11.6 Å². The molecule has 2 rings (SSSR count). The van der Waals surface area contributed by atoms with Crippen molar-refractivity contribution in [3.63, 3.8) is 0 Å². The summed E-state index contributed by atoms with van der Waals surface area (Å²) in [6.45, 7) is 3.55. The van der Waals surface area contributed by atoms with Crippen LogP contribution in [0.15, 0.2) is 29.6 Å². The summed E-state index contributed by atoms with van der Waals surface area (Å²) in [7, 11) is 1.54. The number of thiazole rings is 1. The number of hydrogen-bond donors (Lipinski definition) is 1. The van der Waals surface area contributed by atoms with Gasteiger partial charge in [-0.15, -0.1) is 11.3 Å². The Balaban J connectivity index is 1.90. The van der Waals surface area contributed by atoms with Crippen LogP contribution in [-0.2, 0) is 20.9 Å². The molecule has 0 aliphatic rings. The molecule has 1 heterocycles. The number of nitrogens with one attached hydrogen (secondary N) is 1. The van der Waals surface area contributed by atoms with Gasteiger partial charge in [0.15, 0.2) is 11.8 Å². The molecule has 0 bridgehead atoms. The Kier molecular flexibility index (Phi) is 6.60. The number of aromatic nitrogens is 1. The van der Waals surface area contributed by atoms with Gasteiger partial charge >= 0.3 is 5.97 Å². The Labute approximate surface area is 149 Å². The maximum absolute atomic E-state index is 12.9. The van der Waals surface area contributed by atoms with Crippen LogP contribution >= 0.6 is 11.3 Å². The number of amides is 1. The second-order valence-corrected chi connectivity index (χ2v) is 6.33. The lowest BCUT2D eigenvalue weighted by atomic mass is 10.1. The van der Waals surface area contributed by atoms with Crippen molar-refractivity contribution in [1.29, 1.82) is 0 Å². The third kappa shape index (κ3) is 5.33. The Bertz CT molecular complexity index is 733. The van der Waals surface area contributed by atoms with Gasteiger partial charge in [0.1, 0.15) is 10.8 Å². The molecule has 1 aromatic heterocycles. The monoisotopic (exact) mass is 366 g/mol. The summed E-state index contributed by atoms with van der Waals surface area (Å²) < 4.78 is 23.0. The molecule has 8 heteroatoms. The van der Waals surface area contributed by atoms with Gasteiger partial charge in [-0.25, -0.2) is 14.2 Å². The number of methoxy groups -OCH3 is 1. The fourth-order valence-electron chi connectivity index (χ4n) is 2.03. The zero-order chi connectivity index (χ0) is 18.4. The van der Waals surface area contributed by atoms with Gasteiger partial charge < -0.3 is 14.8 Å². The molecule has 0 saturated carbocycles. The Hall–Kier alpha value is -2.32. The molecular weight excluding hydrogens is 347 g/mol. The number of carbonyl (C=O) groups is 2. The molecular formula is C17H19FN2O4S. The van der Waals surface area contributed by atoms with Crippen molar-refractivity contribution in [2.45, 2.75) is 32.6 Å². The van der Waals surface area contributed by atoms with E-state index in [2.05, 4.69) is 10.3 Å². The van der Waals surface area contributed by atoms with Crippen molar-refractivity contribution >= 4 is 23.2 Å². The summed E-state index contributed by atoms with van der Waals surface area (Å²) in [6.07, 6.45) is -0.983. The molecule has 25 heavy (non-hydrogen) atoms. The number of carbonyl (C=O) groups excluding carboxylic acids is 2. The third-order valence-electron chi connectivity index (χ3n) is 3.41. The first-order valence-corrected chi connectivity index (χ1v) is 8.48. The summed E-state index contributed by atoms with van der Waals surface area (Å²) in [5, 5.41) is 4.93. The number of ether oxygens (including phenoxy) is 2. The lowest BCUT2D eigenvalue weighted by Crippen LogP contribution is -2.37. The van der Waals surface area contributed by atoms with Gasteiger partial charge in [-0.05, 0) is 31.5 Å². The zero-order valence-corrected chi connectivity index (χ0v) is 14.9. The van der Waals surface area contributed by atoms with Gasteiger partial charge in [-0.2, -0.15) is 0 Å². The fourth-order valence-corrected chi connectivity index (χ4v) is 2.77. The topological polar surface area (TPSA) is 77.5 Å². The van der Waals surface area contributed by atoms with E-state index < -0.39 is 18.0 Å². The molecule has 2 aromatic rings. The molecule has 1 aromatic carbocycles. The van der Waals surface area contributed by atoms with E-state index in [0.717, 1.165) is 5.56 Å². The van der Waals surface area contributed by atoms with Gasteiger partial charge in [0, 0.05) is 12.5 Å². The first-order valence-electron chi connectivity index (χ1n) is 7.61. The van der Waals surface area contributed by atoms with Crippen LogP contribution in [0.2, 0.25) is 0 Å². The van der Waals surface area contributed by atoms with Crippen molar-refractivity contribution in [1.82, 2.24) is 10.3 Å². The largest absolute Gasteiger partial charge is 0.448 e. The highest BCUT2D eigenvalue weighted by Gasteiger charge is 2.22. The lowest BCUT2D eigenvalue weighted by molar-refractivity contribution is -0.129. The van der Waals surface area contributed by atoms with E-state index >= 15 is 0 Å². The smallest absolute Gasteiger partial charge is 0.358 e. The molecule has 1 N–H and O–H groups in total. The highest BCUT2D eigenvalue weighted by molar-refractivity contribution is 7.09. The van der Waals surface area contributed by atoms with Gasteiger partial charge in [0.05, 0.1) is 12.6 Å². The van der Waals surface area contributed by atoms with Crippen LogP contribution in [0.5, 0.6) is 0 Å². The molecule has 2 unspecified atom stereocenters. The van der Waals surface area contributed by atoms with E-state index in [1.54, 1.807) is 24.4 Å². The second kappa shape index (κ2) is 8.68. The predicted molar refractivity (Wildman–Crippen MR) is 90.7 cm³/mol. The Morgan fingerprint density at radius 3 is 2.60 bits per heavy atom. The van der Waals surface area contributed by atoms with E-state index in [-0.39, 0.29) is 17.6 Å². The minimum atomic E-state index is -0.983. The standard InChI is InChI=1S/C17H19FN2O4S/c1-10(12-4-6-13(18)7-5-12)19-16(21)11(2)24-17(22)14-9-25-15(20-14)8-23-3/h4-7,9-11H,8H2,1-3H3,(H,19,21). The number of hydrogen-bond acceptors (Lipinski definition) is 6. The van der Waals surface area contributed by atoms with Crippen molar-refractivity contribution in [3.8, 4) is 0 Å². The molecule has 134 valence electrons. The average Bonchev–Trinajstić information content (AvgIpc) is 3.04. The maximum Gasteiger partial charge on any atom is 0.358 e. The maximum atomic E-state index is 12.9. The van der Waals surface area contributed by atoms with Gasteiger partial charge in [0.2, 0.25) is 0 Å². The molecule has 0 aliphatic carbocycles. The molecule has 6 nitrogen and oxygen atoms in total. The second-order valence-electron chi connectivity index (χ2n) is 5.39. The van der Waals surface area contributed by atoms with Crippen LogP contribution in [0, 0.1) is 5.82 Å². The van der Waals surface area contributed by atoms with Crippen LogP contribution in [0.3, 0.4) is 0 Å². The summed E-state index contributed by atoms with van der Waals surface area (Å²) in [6, 6.07) is 5.47. The molecule has 0 saturated heterocycles. The normalized spacial score (nSPS) is 13.1. The van der Waals surface area contributed by atoms with E-state index in [1.807, 2.05) is 0 Å². The van der Waals surface area contributed by atoms with Crippen LogP contribution < -0.4 is 5.32 Å². The van der Waals surface area contributed by atoms with Crippen LogP contribution in [-0.4, -0.2) is 30.1 Å². The van der Waals surface area contributed by atoms with Crippen molar-refractivity contribution in [2.75, 3.05) is 7.11 Å². The number of esters is 1. The zero-order valence-electron chi connectivity index (χ0n) is 14.1. The number of benzene rings is 1. The highest BCUT2D eigenvalue weighted by Crippen LogP contribution is 2.15. The first kappa shape index (κ1) is 19.0. The minimum Gasteiger partial charge on any atom is -0.448 e. The summed E-state index contributed by atoms with van der Waals surface area (Å²) in [4.78, 5) is 28.3. The molecule has 0 aliphatic heterocycles. The fraction of sp³-hybridized carbons (Fsp3) is 0.353. The van der Waals surface area contributed by atoms with E-state index in [4.69, 9.17) is 9.47 Å². The molecule has 1 amide bonds. The van der Waals surface area contributed by atoms with Crippen molar-refractivity contribution < 1.29 is 23.5 Å². The Morgan fingerprint density at radius 1 is 1.28 bits per heavy atom. The van der Waals surface area contributed by atoms with E-state index in [1.165, 1.54) is 37.5 Å². The lowest BCUT2D eigenvalue weighted by Gasteiger charge is -2.18. The quantitative estimate of drug-likeness (QED) is 0.763. The summed E-state index contributed by atoms with van der Waals surface area (Å²) >= 11 is 1.28. The summed E-state index contributed by atoms with van der Waals surface area (Å²) in [5.41, 5.74) is 0.889. The van der Waals surface area contributed by atoms with Crippen LogP contribution in [0.1, 0.15) is 40.9 Å².